The predicted molar refractivity (Wildman–Crippen MR) is 87.9 cm³/mol. The van der Waals surface area contributed by atoms with Gasteiger partial charge in [-0.25, -0.2) is 8.42 Å². The van der Waals surface area contributed by atoms with E-state index in [0.717, 1.165) is 0 Å². The molecule has 2 N–H and O–H groups in total. The fourth-order valence-electron chi connectivity index (χ4n) is 1.72. The van der Waals surface area contributed by atoms with E-state index < -0.39 is 10.0 Å². The summed E-state index contributed by atoms with van der Waals surface area (Å²) in [5.74, 6) is 1.84. The van der Waals surface area contributed by atoms with E-state index in [9.17, 15) is 8.42 Å². The average Bonchev–Trinajstić information content (AvgIpc) is 2.56. The van der Waals surface area contributed by atoms with Crippen LogP contribution in [0.1, 0.15) is 6.92 Å². The number of hydrogen-bond donors (Lipinski definition) is 2. The van der Waals surface area contributed by atoms with Gasteiger partial charge >= 0.3 is 0 Å². The van der Waals surface area contributed by atoms with Crippen LogP contribution in [0, 0.1) is 0 Å². The second-order valence-corrected chi connectivity index (χ2v) is 6.51. The Bertz CT molecular complexity index is 763. The zero-order valence-electron chi connectivity index (χ0n) is 13.0. The lowest BCUT2D eigenvalue weighted by Gasteiger charge is -2.12. The summed E-state index contributed by atoms with van der Waals surface area (Å²) in [6.07, 6.45) is 0. The number of benzene rings is 1. The summed E-state index contributed by atoms with van der Waals surface area (Å²) < 4.78 is 35.7. The Balaban J connectivity index is 2.15. The summed E-state index contributed by atoms with van der Waals surface area (Å²) in [5, 5.41) is 10.8. The summed E-state index contributed by atoms with van der Waals surface area (Å²) in [6, 6.07) is 8.44. The third-order valence-corrected chi connectivity index (χ3v) is 4.26. The number of ether oxygens (including phenoxy) is 2. The second kappa shape index (κ2) is 7.14. The van der Waals surface area contributed by atoms with Crippen LogP contribution in [0.15, 0.2) is 30.3 Å². The van der Waals surface area contributed by atoms with Crippen molar-refractivity contribution in [2.45, 2.75) is 6.92 Å². The van der Waals surface area contributed by atoms with Crippen molar-refractivity contribution in [2.75, 3.05) is 30.0 Å². The number of anilines is 3. The molecular weight excluding hydrogens is 320 g/mol. The molecule has 1 heterocycles. The Kier molecular flexibility index (Phi) is 5.22. The molecule has 0 aliphatic rings. The molecule has 0 saturated heterocycles. The van der Waals surface area contributed by atoms with Crippen LogP contribution in [-0.4, -0.2) is 38.6 Å². The summed E-state index contributed by atoms with van der Waals surface area (Å²) in [6.45, 7) is 1.54. The topological polar surface area (TPSA) is 102 Å². The number of nitrogens with zero attached hydrogens (tertiary/aromatic N) is 2. The molecule has 9 heteroatoms. The molecular formula is C14H18N4O4S. The monoisotopic (exact) mass is 338 g/mol. The van der Waals surface area contributed by atoms with Gasteiger partial charge in [0.05, 0.1) is 25.7 Å². The predicted octanol–water partition coefficient (Wildman–Crippen LogP) is 2.00. The van der Waals surface area contributed by atoms with Crippen molar-refractivity contribution in [3.63, 3.8) is 0 Å². The van der Waals surface area contributed by atoms with E-state index in [4.69, 9.17) is 9.47 Å². The Morgan fingerprint density at radius 1 is 1.04 bits per heavy atom. The molecule has 23 heavy (non-hydrogen) atoms. The first-order valence-corrected chi connectivity index (χ1v) is 8.46. The fraction of sp³-hybridized carbons (Fsp3) is 0.286. The summed E-state index contributed by atoms with van der Waals surface area (Å²) in [7, 11) is -0.247. The van der Waals surface area contributed by atoms with Crippen LogP contribution in [0.2, 0.25) is 0 Å². The molecule has 2 rings (SSSR count). The van der Waals surface area contributed by atoms with Crippen LogP contribution in [0.4, 0.5) is 17.3 Å². The van der Waals surface area contributed by atoms with Crippen molar-refractivity contribution >= 4 is 27.3 Å². The van der Waals surface area contributed by atoms with Crippen LogP contribution in [-0.2, 0) is 10.0 Å². The van der Waals surface area contributed by atoms with E-state index in [1.54, 1.807) is 45.4 Å². The summed E-state index contributed by atoms with van der Waals surface area (Å²) in [5.41, 5.74) is 0.685. The first-order chi connectivity index (χ1) is 11.0. The van der Waals surface area contributed by atoms with Crippen molar-refractivity contribution in [1.82, 2.24) is 10.2 Å². The van der Waals surface area contributed by atoms with Gasteiger partial charge in [-0.2, -0.15) is 0 Å². The molecule has 2 aromatic rings. The number of methoxy groups -OCH3 is 2. The Hall–Kier alpha value is -2.55. The van der Waals surface area contributed by atoms with Crippen molar-refractivity contribution in [1.29, 1.82) is 0 Å². The maximum absolute atomic E-state index is 11.5. The molecule has 0 amide bonds. The number of nitrogens with one attached hydrogen (secondary N) is 2. The molecule has 0 saturated carbocycles. The van der Waals surface area contributed by atoms with Gasteiger partial charge in [0.15, 0.2) is 11.6 Å². The molecule has 0 aliphatic carbocycles. The lowest BCUT2D eigenvalue weighted by atomic mass is 10.2. The zero-order valence-corrected chi connectivity index (χ0v) is 13.8. The van der Waals surface area contributed by atoms with Gasteiger partial charge in [0.1, 0.15) is 11.5 Å². The minimum Gasteiger partial charge on any atom is -0.497 e. The molecule has 0 spiro atoms. The van der Waals surface area contributed by atoms with E-state index in [-0.39, 0.29) is 11.6 Å². The summed E-state index contributed by atoms with van der Waals surface area (Å²) in [4.78, 5) is 0. The van der Waals surface area contributed by atoms with Gasteiger partial charge in [-0.05, 0) is 31.2 Å². The quantitative estimate of drug-likeness (QED) is 0.796. The SMILES string of the molecule is CCS(=O)(=O)Nc1ccc(Nc2ccc(OC)cc2OC)nn1. The van der Waals surface area contributed by atoms with E-state index in [2.05, 4.69) is 20.2 Å². The van der Waals surface area contributed by atoms with E-state index in [0.29, 0.717) is 23.0 Å². The molecule has 8 nitrogen and oxygen atoms in total. The second-order valence-electron chi connectivity index (χ2n) is 4.50. The van der Waals surface area contributed by atoms with Gasteiger partial charge in [-0.3, -0.25) is 4.72 Å². The van der Waals surface area contributed by atoms with Gasteiger partial charge in [0.2, 0.25) is 10.0 Å². The third-order valence-electron chi connectivity index (χ3n) is 2.98. The fourth-order valence-corrected chi connectivity index (χ4v) is 2.30. The lowest BCUT2D eigenvalue weighted by Crippen LogP contribution is -2.15. The van der Waals surface area contributed by atoms with E-state index >= 15 is 0 Å². The van der Waals surface area contributed by atoms with Crippen LogP contribution >= 0.6 is 0 Å². The Labute approximate surface area is 134 Å². The molecule has 0 aliphatic heterocycles. The highest BCUT2D eigenvalue weighted by atomic mass is 32.2. The smallest absolute Gasteiger partial charge is 0.233 e. The largest absolute Gasteiger partial charge is 0.497 e. The van der Waals surface area contributed by atoms with Crippen LogP contribution in [0.5, 0.6) is 11.5 Å². The highest BCUT2D eigenvalue weighted by Gasteiger charge is 2.09. The minimum atomic E-state index is -3.37. The molecule has 1 aromatic carbocycles. The lowest BCUT2D eigenvalue weighted by molar-refractivity contribution is 0.395. The van der Waals surface area contributed by atoms with Gasteiger partial charge in [-0.15, -0.1) is 10.2 Å². The number of rotatable bonds is 7. The van der Waals surface area contributed by atoms with Crippen LogP contribution in [0.3, 0.4) is 0 Å². The van der Waals surface area contributed by atoms with Crippen molar-refractivity contribution in [2.24, 2.45) is 0 Å². The van der Waals surface area contributed by atoms with Gasteiger partial charge in [0.25, 0.3) is 0 Å². The van der Waals surface area contributed by atoms with Crippen molar-refractivity contribution in [3.8, 4) is 11.5 Å². The Morgan fingerprint density at radius 3 is 2.30 bits per heavy atom. The highest BCUT2D eigenvalue weighted by Crippen LogP contribution is 2.30. The van der Waals surface area contributed by atoms with Gasteiger partial charge < -0.3 is 14.8 Å². The molecule has 0 bridgehead atoms. The standard InChI is InChI=1S/C14H18N4O4S/c1-4-23(19,20)18-14-8-7-13(16-17-14)15-11-6-5-10(21-2)9-12(11)22-3/h5-9H,4H2,1-3H3,(H,15,16)(H,17,18). The molecule has 0 unspecified atom stereocenters. The average molecular weight is 338 g/mol. The molecule has 0 atom stereocenters. The maximum Gasteiger partial charge on any atom is 0.233 e. The van der Waals surface area contributed by atoms with Crippen LogP contribution < -0.4 is 19.5 Å². The third kappa shape index (κ3) is 4.46. The van der Waals surface area contributed by atoms with Crippen molar-refractivity contribution in [3.05, 3.63) is 30.3 Å². The highest BCUT2D eigenvalue weighted by molar-refractivity contribution is 7.92. The van der Waals surface area contributed by atoms with Gasteiger partial charge in [0, 0.05) is 6.07 Å². The van der Waals surface area contributed by atoms with Crippen molar-refractivity contribution < 1.29 is 17.9 Å². The van der Waals surface area contributed by atoms with E-state index in [1.807, 2.05) is 0 Å². The van der Waals surface area contributed by atoms with Crippen LogP contribution in [0.25, 0.3) is 0 Å². The zero-order chi connectivity index (χ0) is 16.9. The number of hydrogen-bond acceptors (Lipinski definition) is 7. The summed E-state index contributed by atoms with van der Waals surface area (Å²) >= 11 is 0. The first kappa shape index (κ1) is 16.8. The molecule has 1 aromatic heterocycles. The maximum atomic E-state index is 11.5. The number of sulfonamides is 1. The Morgan fingerprint density at radius 2 is 1.74 bits per heavy atom. The molecule has 0 radical (unpaired) electrons. The molecule has 0 fully saturated rings. The minimum absolute atomic E-state index is 0.0300. The van der Waals surface area contributed by atoms with E-state index in [1.165, 1.54) is 6.07 Å². The van der Waals surface area contributed by atoms with Gasteiger partial charge in [-0.1, -0.05) is 0 Å². The first-order valence-electron chi connectivity index (χ1n) is 6.80. The molecule has 124 valence electrons. The normalized spacial score (nSPS) is 10.9. The number of aromatic nitrogens is 2.